The lowest BCUT2D eigenvalue weighted by molar-refractivity contribution is 0.379. The zero-order valence-electron chi connectivity index (χ0n) is 9.16. The van der Waals surface area contributed by atoms with Crippen molar-refractivity contribution in [3.63, 3.8) is 0 Å². The molecule has 1 aromatic carbocycles. The third-order valence-electron chi connectivity index (χ3n) is 2.69. The molecule has 1 atom stereocenters. The standard InChI is InChI=1S/C12H10N2O2S/c1-8-7-17-10(9-5-3-2-4-6-9)11-13-16-12(15)14(8)11/h2-7,10H,1H3. The minimum atomic E-state index is -0.421. The number of hydrogen-bond acceptors (Lipinski definition) is 4. The highest BCUT2D eigenvalue weighted by Gasteiger charge is 2.27. The third kappa shape index (κ3) is 1.63. The molecule has 1 unspecified atom stereocenters. The Balaban J connectivity index is 2.15. The van der Waals surface area contributed by atoms with Gasteiger partial charge in [-0.15, -0.1) is 11.8 Å². The van der Waals surface area contributed by atoms with E-state index < -0.39 is 5.76 Å². The van der Waals surface area contributed by atoms with Crippen LogP contribution in [0.3, 0.4) is 0 Å². The number of benzene rings is 1. The average molecular weight is 246 g/mol. The van der Waals surface area contributed by atoms with Crippen LogP contribution in [0.2, 0.25) is 0 Å². The number of nitrogens with zero attached hydrogens (tertiary/aromatic N) is 2. The highest BCUT2D eigenvalue weighted by atomic mass is 32.2. The first-order chi connectivity index (χ1) is 8.27. The van der Waals surface area contributed by atoms with Gasteiger partial charge in [0, 0.05) is 5.70 Å². The van der Waals surface area contributed by atoms with Crippen LogP contribution in [0.4, 0.5) is 0 Å². The maximum absolute atomic E-state index is 11.5. The van der Waals surface area contributed by atoms with E-state index in [9.17, 15) is 4.79 Å². The summed E-state index contributed by atoms with van der Waals surface area (Å²) in [5.74, 6) is 0.237. The molecule has 17 heavy (non-hydrogen) atoms. The summed E-state index contributed by atoms with van der Waals surface area (Å²) in [5, 5.41) is 5.86. The minimum absolute atomic E-state index is 0.0198. The minimum Gasteiger partial charge on any atom is -0.295 e. The van der Waals surface area contributed by atoms with Gasteiger partial charge in [-0.3, -0.25) is 4.52 Å². The first-order valence-corrected chi connectivity index (χ1v) is 6.18. The van der Waals surface area contributed by atoms with E-state index in [-0.39, 0.29) is 5.25 Å². The van der Waals surface area contributed by atoms with Crippen molar-refractivity contribution in [1.29, 1.82) is 0 Å². The van der Waals surface area contributed by atoms with E-state index in [1.165, 1.54) is 4.57 Å². The van der Waals surface area contributed by atoms with Crippen LogP contribution >= 0.6 is 11.8 Å². The Morgan fingerprint density at radius 1 is 1.35 bits per heavy atom. The van der Waals surface area contributed by atoms with Gasteiger partial charge in [-0.2, -0.15) is 0 Å². The Labute approximate surface area is 102 Å². The summed E-state index contributed by atoms with van der Waals surface area (Å²) < 4.78 is 6.26. The summed E-state index contributed by atoms with van der Waals surface area (Å²) in [6.07, 6.45) is 0. The number of thioether (sulfide) groups is 1. The van der Waals surface area contributed by atoms with Gasteiger partial charge < -0.3 is 0 Å². The third-order valence-corrected chi connectivity index (χ3v) is 3.93. The molecule has 1 aliphatic rings. The van der Waals surface area contributed by atoms with Gasteiger partial charge >= 0.3 is 5.76 Å². The molecule has 2 heterocycles. The van der Waals surface area contributed by atoms with E-state index in [2.05, 4.69) is 5.16 Å². The fourth-order valence-electron chi connectivity index (χ4n) is 1.89. The lowest BCUT2D eigenvalue weighted by atomic mass is 10.1. The van der Waals surface area contributed by atoms with Crippen molar-refractivity contribution in [2.75, 3.05) is 0 Å². The van der Waals surface area contributed by atoms with Crippen LogP contribution < -0.4 is 5.76 Å². The zero-order chi connectivity index (χ0) is 11.8. The molecule has 3 rings (SSSR count). The number of aromatic nitrogens is 2. The molecule has 0 bridgehead atoms. The van der Waals surface area contributed by atoms with E-state index >= 15 is 0 Å². The Morgan fingerprint density at radius 2 is 2.12 bits per heavy atom. The van der Waals surface area contributed by atoms with E-state index in [0.29, 0.717) is 5.82 Å². The highest BCUT2D eigenvalue weighted by molar-refractivity contribution is 8.02. The van der Waals surface area contributed by atoms with Crippen LogP contribution in [-0.2, 0) is 0 Å². The molecule has 86 valence electrons. The van der Waals surface area contributed by atoms with Crippen LogP contribution in [0.5, 0.6) is 0 Å². The maximum Gasteiger partial charge on any atom is 0.446 e. The van der Waals surface area contributed by atoms with Gasteiger partial charge in [-0.25, -0.2) is 9.36 Å². The lowest BCUT2D eigenvalue weighted by Gasteiger charge is -2.19. The molecule has 0 N–H and O–H groups in total. The van der Waals surface area contributed by atoms with Crippen LogP contribution in [-0.4, -0.2) is 9.72 Å². The van der Waals surface area contributed by atoms with Gasteiger partial charge in [0.25, 0.3) is 0 Å². The first kappa shape index (κ1) is 10.4. The van der Waals surface area contributed by atoms with Crippen molar-refractivity contribution in [1.82, 2.24) is 9.72 Å². The Bertz CT molecular complexity index is 627. The van der Waals surface area contributed by atoms with Gasteiger partial charge in [0.05, 0.1) is 5.25 Å². The van der Waals surface area contributed by atoms with Gasteiger partial charge in [0.1, 0.15) is 0 Å². The second kappa shape index (κ2) is 3.92. The van der Waals surface area contributed by atoms with Crippen molar-refractivity contribution in [2.24, 2.45) is 0 Å². The molecule has 4 nitrogen and oxygen atoms in total. The van der Waals surface area contributed by atoms with Crippen LogP contribution in [0.15, 0.2) is 45.1 Å². The number of rotatable bonds is 1. The van der Waals surface area contributed by atoms with Gasteiger partial charge in [-0.05, 0) is 17.9 Å². The second-order valence-corrected chi connectivity index (χ2v) is 4.81. The molecule has 5 heteroatoms. The van der Waals surface area contributed by atoms with Crippen molar-refractivity contribution >= 4 is 17.5 Å². The van der Waals surface area contributed by atoms with Crippen LogP contribution in [0.1, 0.15) is 23.6 Å². The maximum atomic E-state index is 11.5. The predicted octanol–water partition coefficient (Wildman–Crippen LogP) is 2.49. The van der Waals surface area contributed by atoms with Crippen molar-refractivity contribution < 1.29 is 4.52 Å². The largest absolute Gasteiger partial charge is 0.446 e. The Morgan fingerprint density at radius 3 is 2.88 bits per heavy atom. The second-order valence-electron chi connectivity index (χ2n) is 3.83. The van der Waals surface area contributed by atoms with Crippen molar-refractivity contribution in [2.45, 2.75) is 12.2 Å². The fraction of sp³-hybridized carbons (Fsp3) is 0.167. The average Bonchev–Trinajstić information content (AvgIpc) is 2.74. The zero-order valence-corrected chi connectivity index (χ0v) is 9.98. The fourth-order valence-corrected chi connectivity index (χ4v) is 2.91. The Hall–Kier alpha value is -1.75. The Kier molecular flexibility index (Phi) is 2.40. The molecule has 1 aliphatic heterocycles. The molecule has 0 aliphatic carbocycles. The molecular formula is C12H10N2O2S. The molecule has 1 aromatic heterocycles. The molecule has 0 saturated heterocycles. The smallest absolute Gasteiger partial charge is 0.295 e. The van der Waals surface area contributed by atoms with Gasteiger partial charge in [0.2, 0.25) is 0 Å². The van der Waals surface area contributed by atoms with Crippen LogP contribution in [0.25, 0.3) is 5.70 Å². The monoisotopic (exact) mass is 246 g/mol. The molecular weight excluding hydrogens is 236 g/mol. The molecule has 0 amide bonds. The molecule has 0 spiro atoms. The summed E-state index contributed by atoms with van der Waals surface area (Å²) >= 11 is 1.64. The number of allylic oxidation sites excluding steroid dienone is 1. The quantitative estimate of drug-likeness (QED) is 0.775. The lowest BCUT2D eigenvalue weighted by Crippen LogP contribution is -2.19. The van der Waals surface area contributed by atoms with Crippen molar-refractivity contribution in [3.8, 4) is 0 Å². The SMILES string of the molecule is CC1=CSC(c2ccccc2)c2noc(=O)n21. The van der Waals surface area contributed by atoms with Gasteiger partial charge in [-0.1, -0.05) is 35.5 Å². The van der Waals surface area contributed by atoms with E-state index in [1.54, 1.807) is 11.8 Å². The summed E-state index contributed by atoms with van der Waals surface area (Å²) in [4.78, 5) is 11.5. The summed E-state index contributed by atoms with van der Waals surface area (Å²) in [5.41, 5.74) is 1.96. The van der Waals surface area contributed by atoms with Crippen molar-refractivity contribution in [3.05, 3.63) is 57.7 Å². The molecule has 0 radical (unpaired) electrons. The summed E-state index contributed by atoms with van der Waals surface area (Å²) in [6.45, 7) is 1.87. The van der Waals surface area contributed by atoms with E-state index in [0.717, 1.165) is 11.3 Å². The number of hydrogen-bond donors (Lipinski definition) is 0. The molecule has 0 fully saturated rings. The highest BCUT2D eigenvalue weighted by Crippen LogP contribution is 2.39. The molecule has 0 saturated carbocycles. The summed E-state index contributed by atoms with van der Waals surface area (Å²) in [7, 11) is 0. The summed E-state index contributed by atoms with van der Waals surface area (Å²) in [6, 6.07) is 9.96. The normalized spacial score (nSPS) is 18.6. The molecule has 2 aromatic rings. The van der Waals surface area contributed by atoms with E-state index in [1.807, 2.05) is 42.7 Å². The predicted molar refractivity (Wildman–Crippen MR) is 66.6 cm³/mol. The van der Waals surface area contributed by atoms with E-state index in [4.69, 9.17) is 4.52 Å². The first-order valence-electron chi connectivity index (χ1n) is 5.23. The van der Waals surface area contributed by atoms with Crippen LogP contribution in [0, 0.1) is 0 Å². The van der Waals surface area contributed by atoms with Gasteiger partial charge in [0.15, 0.2) is 5.82 Å². The number of fused-ring (bicyclic) bond motifs is 1. The topological polar surface area (TPSA) is 48.0 Å².